The number of carbonyl (C=O) groups excluding carboxylic acids is 2. The van der Waals surface area contributed by atoms with Crippen LogP contribution in [-0.4, -0.2) is 18.6 Å². The lowest BCUT2D eigenvalue weighted by molar-refractivity contribution is -0.114. The zero-order valence-electron chi connectivity index (χ0n) is 13.3. The van der Waals surface area contributed by atoms with Gasteiger partial charge in [0.1, 0.15) is 0 Å². The molecule has 128 valence electrons. The fourth-order valence-electron chi connectivity index (χ4n) is 2.28. The maximum atomic E-state index is 12.0. The Kier molecular flexibility index (Phi) is 4.90. The van der Waals surface area contributed by atoms with Gasteiger partial charge in [0.2, 0.25) is 18.6 Å². The van der Waals surface area contributed by atoms with Gasteiger partial charge in [0.05, 0.1) is 5.02 Å². The van der Waals surface area contributed by atoms with E-state index >= 15 is 0 Å². The highest BCUT2D eigenvalue weighted by atomic mass is 35.5. The summed E-state index contributed by atoms with van der Waals surface area (Å²) in [7, 11) is 0. The number of carbonyl (C=O) groups is 2. The van der Waals surface area contributed by atoms with E-state index < -0.39 is 0 Å². The summed E-state index contributed by atoms with van der Waals surface area (Å²) < 4.78 is 10.5. The number of hydrogen-bond donors (Lipinski definition) is 2. The summed E-state index contributed by atoms with van der Waals surface area (Å²) in [6.45, 7) is 1.57. The van der Waals surface area contributed by atoms with E-state index in [0.29, 0.717) is 27.9 Å². The molecule has 1 aliphatic rings. The Hall–Kier alpha value is -2.99. The molecule has 2 aromatic carbocycles. The molecule has 7 heteroatoms. The highest BCUT2D eigenvalue weighted by Gasteiger charge is 2.17. The number of halogens is 1. The van der Waals surface area contributed by atoms with E-state index in [-0.39, 0.29) is 18.6 Å². The minimum absolute atomic E-state index is 0.136. The smallest absolute Gasteiger partial charge is 0.248 e. The third-order valence-electron chi connectivity index (χ3n) is 3.35. The standard InChI is InChI=1S/C18H15ClN2O4/c1-11(22)20-13-3-5-14(6-4-13)21-17(23)7-2-12-8-15(19)18-16(9-12)24-10-25-18/h2-9H,10H2,1H3,(H,20,22)(H,21,23)/b7-2+. The quantitative estimate of drug-likeness (QED) is 0.817. The summed E-state index contributed by atoms with van der Waals surface area (Å²) >= 11 is 6.10. The number of amides is 2. The van der Waals surface area contributed by atoms with Gasteiger partial charge < -0.3 is 20.1 Å². The van der Waals surface area contributed by atoms with E-state index in [1.165, 1.54) is 13.0 Å². The third-order valence-corrected chi connectivity index (χ3v) is 3.63. The van der Waals surface area contributed by atoms with Gasteiger partial charge in [0.25, 0.3) is 0 Å². The van der Waals surface area contributed by atoms with E-state index in [4.69, 9.17) is 21.1 Å². The lowest BCUT2D eigenvalue weighted by Gasteiger charge is -2.05. The fraction of sp³-hybridized carbons (Fsp3) is 0.111. The summed E-state index contributed by atoms with van der Waals surface area (Å²) in [5, 5.41) is 5.82. The van der Waals surface area contributed by atoms with Crippen LogP contribution in [0.25, 0.3) is 6.08 Å². The van der Waals surface area contributed by atoms with Gasteiger partial charge in [-0.25, -0.2) is 0 Å². The van der Waals surface area contributed by atoms with Crippen molar-refractivity contribution in [2.45, 2.75) is 6.92 Å². The first-order valence-electron chi connectivity index (χ1n) is 7.47. The van der Waals surface area contributed by atoms with Crippen molar-refractivity contribution in [2.24, 2.45) is 0 Å². The number of ether oxygens (including phenoxy) is 2. The molecule has 1 heterocycles. The molecular formula is C18H15ClN2O4. The molecule has 25 heavy (non-hydrogen) atoms. The molecule has 0 aromatic heterocycles. The van der Waals surface area contributed by atoms with Crippen LogP contribution < -0.4 is 20.1 Å². The molecule has 6 nitrogen and oxygen atoms in total. The normalized spacial score (nSPS) is 12.2. The van der Waals surface area contributed by atoms with Crippen molar-refractivity contribution in [2.75, 3.05) is 17.4 Å². The maximum Gasteiger partial charge on any atom is 0.248 e. The van der Waals surface area contributed by atoms with Gasteiger partial charge in [0, 0.05) is 24.4 Å². The second-order valence-electron chi connectivity index (χ2n) is 5.32. The summed E-state index contributed by atoms with van der Waals surface area (Å²) in [5.41, 5.74) is 2.01. The van der Waals surface area contributed by atoms with Crippen molar-refractivity contribution in [3.8, 4) is 11.5 Å². The summed E-state index contributed by atoms with van der Waals surface area (Å²) in [4.78, 5) is 23.0. The van der Waals surface area contributed by atoms with Crippen molar-refractivity contribution in [3.05, 3.63) is 53.1 Å². The second kappa shape index (κ2) is 7.27. The molecule has 2 N–H and O–H groups in total. The van der Waals surface area contributed by atoms with Crippen LogP contribution in [0.4, 0.5) is 11.4 Å². The molecular weight excluding hydrogens is 344 g/mol. The number of hydrogen-bond acceptors (Lipinski definition) is 4. The Bertz CT molecular complexity index is 847. The first-order chi connectivity index (χ1) is 12.0. The van der Waals surface area contributed by atoms with Crippen LogP contribution in [0.5, 0.6) is 11.5 Å². The van der Waals surface area contributed by atoms with Crippen molar-refractivity contribution in [3.63, 3.8) is 0 Å². The van der Waals surface area contributed by atoms with Crippen molar-refractivity contribution in [1.82, 2.24) is 0 Å². The van der Waals surface area contributed by atoms with Crippen molar-refractivity contribution in [1.29, 1.82) is 0 Å². The van der Waals surface area contributed by atoms with Crippen LogP contribution in [0.3, 0.4) is 0 Å². The minimum atomic E-state index is -0.291. The van der Waals surface area contributed by atoms with Gasteiger partial charge >= 0.3 is 0 Å². The van der Waals surface area contributed by atoms with E-state index in [1.807, 2.05) is 0 Å². The van der Waals surface area contributed by atoms with Crippen LogP contribution >= 0.6 is 11.6 Å². The van der Waals surface area contributed by atoms with E-state index in [0.717, 1.165) is 5.56 Å². The van der Waals surface area contributed by atoms with Gasteiger partial charge in [0.15, 0.2) is 11.5 Å². The van der Waals surface area contributed by atoms with Crippen LogP contribution in [0, 0.1) is 0 Å². The first kappa shape index (κ1) is 16.9. The van der Waals surface area contributed by atoms with Gasteiger partial charge in [-0.3, -0.25) is 9.59 Å². The van der Waals surface area contributed by atoms with Crippen molar-refractivity contribution < 1.29 is 19.1 Å². The molecule has 2 aromatic rings. The zero-order valence-corrected chi connectivity index (χ0v) is 14.1. The number of rotatable bonds is 4. The zero-order chi connectivity index (χ0) is 17.8. The lowest BCUT2D eigenvalue weighted by atomic mass is 10.2. The predicted octanol–water partition coefficient (Wildman–Crippen LogP) is 3.68. The molecule has 0 aliphatic carbocycles. The van der Waals surface area contributed by atoms with Crippen LogP contribution in [0.1, 0.15) is 12.5 Å². The average molecular weight is 359 g/mol. The molecule has 0 radical (unpaired) electrons. The number of fused-ring (bicyclic) bond motifs is 1. The Balaban J connectivity index is 1.63. The number of anilines is 2. The molecule has 2 amide bonds. The largest absolute Gasteiger partial charge is 0.454 e. The second-order valence-corrected chi connectivity index (χ2v) is 5.72. The number of benzene rings is 2. The van der Waals surface area contributed by atoms with E-state index in [2.05, 4.69) is 10.6 Å². The molecule has 0 saturated carbocycles. The van der Waals surface area contributed by atoms with Crippen molar-refractivity contribution >= 4 is 40.9 Å². The highest BCUT2D eigenvalue weighted by Crippen LogP contribution is 2.40. The predicted molar refractivity (Wildman–Crippen MR) is 96.0 cm³/mol. The monoisotopic (exact) mass is 358 g/mol. The van der Waals surface area contributed by atoms with Crippen LogP contribution in [0.15, 0.2) is 42.5 Å². The molecule has 0 unspecified atom stereocenters. The van der Waals surface area contributed by atoms with Crippen LogP contribution in [0.2, 0.25) is 5.02 Å². The molecule has 0 saturated heterocycles. The van der Waals surface area contributed by atoms with Gasteiger partial charge in [-0.1, -0.05) is 11.6 Å². The first-order valence-corrected chi connectivity index (χ1v) is 7.85. The minimum Gasteiger partial charge on any atom is -0.454 e. The molecule has 0 fully saturated rings. The number of nitrogens with one attached hydrogen (secondary N) is 2. The van der Waals surface area contributed by atoms with Gasteiger partial charge in [-0.05, 0) is 48.0 Å². The molecule has 0 bridgehead atoms. The molecule has 0 spiro atoms. The molecule has 3 rings (SSSR count). The van der Waals surface area contributed by atoms with E-state index in [1.54, 1.807) is 42.5 Å². The van der Waals surface area contributed by atoms with Gasteiger partial charge in [-0.2, -0.15) is 0 Å². The topological polar surface area (TPSA) is 76.7 Å². The van der Waals surface area contributed by atoms with E-state index in [9.17, 15) is 9.59 Å². The van der Waals surface area contributed by atoms with Crippen LogP contribution in [-0.2, 0) is 9.59 Å². The molecule has 1 aliphatic heterocycles. The highest BCUT2D eigenvalue weighted by molar-refractivity contribution is 6.32. The Morgan fingerprint density at radius 2 is 1.76 bits per heavy atom. The lowest BCUT2D eigenvalue weighted by Crippen LogP contribution is -2.08. The summed E-state index contributed by atoms with van der Waals surface area (Å²) in [6, 6.07) is 10.3. The Labute approximate surface area is 149 Å². The fourth-order valence-corrected chi connectivity index (χ4v) is 2.55. The third kappa shape index (κ3) is 4.30. The summed E-state index contributed by atoms with van der Waals surface area (Å²) in [5.74, 6) is 0.631. The average Bonchev–Trinajstić information content (AvgIpc) is 3.03. The maximum absolute atomic E-state index is 12.0. The summed E-state index contributed by atoms with van der Waals surface area (Å²) in [6.07, 6.45) is 3.03. The SMILES string of the molecule is CC(=O)Nc1ccc(NC(=O)/C=C/c2cc(Cl)c3c(c2)OCO3)cc1. The molecule has 0 atom stereocenters. The van der Waals surface area contributed by atoms with Gasteiger partial charge in [-0.15, -0.1) is 0 Å². The Morgan fingerprint density at radius 3 is 2.44 bits per heavy atom. The Morgan fingerprint density at radius 1 is 1.08 bits per heavy atom.